The zero-order valence-electron chi connectivity index (χ0n) is 7.72. The van der Waals surface area contributed by atoms with E-state index in [2.05, 4.69) is 15.4 Å². The molecule has 1 aliphatic rings. The highest BCUT2D eigenvalue weighted by Gasteiger charge is 2.19. The first-order valence-electron chi connectivity index (χ1n) is 4.61. The summed E-state index contributed by atoms with van der Waals surface area (Å²) >= 11 is 1.64. The molecule has 1 aromatic rings. The van der Waals surface area contributed by atoms with Gasteiger partial charge < -0.3 is 4.74 Å². The van der Waals surface area contributed by atoms with E-state index >= 15 is 0 Å². The standard InChI is InChI=1S/C9H11N3OS/c10-12-11-4-7-2-1-3-13-9-6-14-5-8(7)9/h5-7H,1-4H2. The van der Waals surface area contributed by atoms with Gasteiger partial charge in [0.15, 0.2) is 0 Å². The summed E-state index contributed by atoms with van der Waals surface area (Å²) < 4.78 is 5.57. The molecule has 1 atom stereocenters. The Morgan fingerprint density at radius 2 is 2.57 bits per heavy atom. The number of hydrogen-bond acceptors (Lipinski definition) is 3. The van der Waals surface area contributed by atoms with Gasteiger partial charge in [-0.05, 0) is 29.7 Å². The van der Waals surface area contributed by atoms with E-state index in [1.807, 2.05) is 5.38 Å². The van der Waals surface area contributed by atoms with Gasteiger partial charge in [0.05, 0.1) is 6.61 Å². The Hall–Kier alpha value is -1.19. The molecule has 0 fully saturated rings. The second-order valence-electron chi connectivity index (χ2n) is 3.29. The molecule has 2 heterocycles. The molecular weight excluding hydrogens is 198 g/mol. The molecule has 0 aromatic carbocycles. The summed E-state index contributed by atoms with van der Waals surface area (Å²) in [6.07, 6.45) is 2.08. The van der Waals surface area contributed by atoms with E-state index in [0.29, 0.717) is 12.5 Å². The van der Waals surface area contributed by atoms with E-state index in [9.17, 15) is 0 Å². The van der Waals surface area contributed by atoms with Gasteiger partial charge in [0, 0.05) is 22.4 Å². The molecule has 1 unspecified atom stereocenters. The van der Waals surface area contributed by atoms with Crippen LogP contribution >= 0.6 is 11.3 Å². The highest BCUT2D eigenvalue weighted by atomic mass is 32.1. The van der Waals surface area contributed by atoms with Crippen molar-refractivity contribution in [1.82, 2.24) is 0 Å². The Balaban J connectivity index is 2.21. The topological polar surface area (TPSA) is 58.0 Å². The largest absolute Gasteiger partial charge is 0.492 e. The predicted molar refractivity (Wildman–Crippen MR) is 55.8 cm³/mol. The monoisotopic (exact) mass is 209 g/mol. The lowest BCUT2D eigenvalue weighted by molar-refractivity contribution is 0.317. The Morgan fingerprint density at radius 1 is 1.64 bits per heavy atom. The molecule has 0 bridgehead atoms. The van der Waals surface area contributed by atoms with Crippen molar-refractivity contribution in [3.8, 4) is 5.75 Å². The average molecular weight is 209 g/mol. The lowest BCUT2D eigenvalue weighted by Gasteiger charge is -2.09. The number of nitrogens with zero attached hydrogens (tertiary/aromatic N) is 3. The van der Waals surface area contributed by atoms with Crippen LogP contribution in [-0.2, 0) is 0 Å². The quantitative estimate of drug-likeness (QED) is 0.418. The fourth-order valence-electron chi connectivity index (χ4n) is 1.70. The van der Waals surface area contributed by atoms with Crippen LogP contribution in [0.2, 0.25) is 0 Å². The molecule has 0 saturated carbocycles. The molecule has 4 nitrogen and oxygen atoms in total. The van der Waals surface area contributed by atoms with Crippen LogP contribution in [-0.4, -0.2) is 13.2 Å². The number of thiophene rings is 1. The van der Waals surface area contributed by atoms with E-state index in [1.165, 1.54) is 5.56 Å². The van der Waals surface area contributed by atoms with Gasteiger partial charge in [-0.25, -0.2) is 0 Å². The van der Waals surface area contributed by atoms with Gasteiger partial charge in [-0.2, -0.15) is 0 Å². The summed E-state index contributed by atoms with van der Waals surface area (Å²) in [5.74, 6) is 1.32. The van der Waals surface area contributed by atoms with Crippen LogP contribution in [0.4, 0.5) is 0 Å². The number of azide groups is 1. The maximum atomic E-state index is 8.30. The normalized spacial score (nSPS) is 20.1. The number of ether oxygens (including phenoxy) is 1. The van der Waals surface area contributed by atoms with Gasteiger partial charge in [-0.3, -0.25) is 0 Å². The van der Waals surface area contributed by atoms with Crippen LogP contribution in [0.25, 0.3) is 10.4 Å². The van der Waals surface area contributed by atoms with Gasteiger partial charge in [0.25, 0.3) is 0 Å². The highest BCUT2D eigenvalue weighted by molar-refractivity contribution is 7.08. The summed E-state index contributed by atoms with van der Waals surface area (Å²) in [6, 6.07) is 0. The van der Waals surface area contributed by atoms with E-state index < -0.39 is 0 Å². The van der Waals surface area contributed by atoms with Crippen molar-refractivity contribution in [3.63, 3.8) is 0 Å². The van der Waals surface area contributed by atoms with Crippen molar-refractivity contribution >= 4 is 11.3 Å². The lowest BCUT2D eigenvalue weighted by Crippen LogP contribution is -1.99. The van der Waals surface area contributed by atoms with Crippen LogP contribution in [0.15, 0.2) is 15.9 Å². The van der Waals surface area contributed by atoms with Crippen molar-refractivity contribution in [2.24, 2.45) is 5.11 Å². The fraction of sp³-hybridized carbons (Fsp3) is 0.556. The van der Waals surface area contributed by atoms with Crippen LogP contribution in [0.5, 0.6) is 5.75 Å². The summed E-state index contributed by atoms with van der Waals surface area (Å²) in [7, 11) is 0. The zero-order chi connectivity index (χ0) is 9.80. The average Bonchev–Trinajstić information content (AvgIpc) is 2.58. The third-order valence-electron chi connectivity index (χ3n) is 2.41. The maximum Gasteiger partial charge on any atom is 0.133 e. The molecule has 1 aliphatic heterocycles. The number of fused-ring (bicyclic) bond motifs is 1. The summed E-state index contributed by atoms with van der Waals surface area (Å²) in [6.45, 7) is 1.32. The summed E-state index contributed by atoms with van der Waals surface area (Å²) in [5.41, 5.74) is 9.50. The molecule has 1 aromatic heterocycles. The van der Waals surface area contributed by atoms with Crippen molar-refractivity contribution in [3.05, 3.63) is 26.8 Å². The van der Waals surface area contributed by atoms with Gasteiger partial charge in [0.2, 0.25) is 0 Å². The van der Waals surface area contributed by atoms with Gasteiger partial charge in [-0.1, -0.05) is 5.11 Å². The molecule has 14 heavy (non-hydrogen) atoms. The highest BCUT2D eigenvalue weighted by Crippen LogP contribution is 2.36. The molecular formula is C9H11N3OS. The first-order chi connectivity index (χ1) is 6.92. The number of hydrogen-bond donors (Lipinski definition) is 0. The molecule has 5 heteroatoms. The molecule has 0 spiro atoms. The van der Waals surface area contributed by atoms with Crippen LogP contribution < -0.4 is 4.74 Å². The van der Waals surface area contributed by atoms with Crippen LogP contribution in [0.3, 0.4) is 0 Å². The van der Waals surface area contributed by atoms with Crippen molar-refractivity contribution < 1.29 is 4.74 Å². The first kappa shape index (κ1) is 9.37. The maximum absolute atomic E-state index is 8.30. The molecule has 0 saturated heterocycles. The Kier molecular flexibility index (Phi) is 2.91. The Labute approximate surface area is 86.1 Å². The Morgan fingerprint density at radius 3 is 3.43 bits per heavy atom. The summed E-state index contributed by atoms with van der Waals surface area (Å²) in [4.78, 5) is 2.81. The molecule has 2 rings (SSSR count). The second-order valence-corrected chi connectivity index (χ2v) is 4.04. The van der Waals surface area contributed by atoms with E-state index in [1.54, 1.807) is 11.3 Å². The van der Waals surface area contributed by atoms with Gasteiger partial charge in [-0.15, -0.1) is 11.3 Å². The first-order valence-corrected chi connectivity index (χ1v) is 5.56. The van der Waals surface area contributed by atoms with Crippen LogP contribution in [0, 0.1) is 0 Å². The fourth-order valence-corrected chi connectivity index (χ4v) is 2.55. The third-order valence-corrected chi connectivity index (χ3v) is 3.15. The van der Waals surface area contributed by atoms with Crippen LogP contribution in [0.1, 0.15) is 24.3 Å². The molecule has 0 amide bonds. The summed E-state index contributed by atoms with van der Waals surface area (Å²) in [5, 5.41) is 7.76. The van der Waals surface area contributed by atoms with Gasteiger partial charge in [0.1, 0.15) is 5.75 Å². The van der Waals surface area contributed by atoms with E-state index in [0.717, 1.165) is 25.2 Å². The molecule has 0 radical (unpaired) electrons. The second kappa shape index (κ2) is 4.35. The number of rotatable bonds is 2. The van der Waals surface area contributed by atoms with Gasteiger partial charge >= 0.3 is 0 Å². The molecule has 0 N–H and O–H groups in total. The third kappa shape index (κ3) is 1.84. The van der Waals surface area contributed by atoms with Crippen molar-refractivity contribution in [2.75, 3.05) is 13.2 Å². The van der Waals surface area contributed by atoms with E-state index in [4.69, 9.17) is 10.3 Å². The minimum Gasteiger partial charge on any atom is -0.492 e. The lowest BCUT2D eigenvalue weighted by atomic mass is 9.97. The minimum absolute atomic E-state index is 0.342. The SMILES string of the molecule is [N-]=[N+]=NCC1CCCOc2cscc21. The Bertz CT molecular complexity index is 357. The zero-order valence-corrected chi connectivity index (χ0v) is 8.54. The van der Waals surface area contributed by atoms with Crippen molar-refractivity contribution in [1.29, 1.82) is 0 Å². The molecule has 0 aliphatic carbocycles. The predicted octanol–water partition coefficient (Wildman–Crippen LogP) is 3.31. The van der Waals surface area contributed by atoms with Crippen molar-refractivity contribution in [2.45, 2.75) is 18.8 Å². The smallest absolute Gasteiger partial charge is 0.133 e. The van der Waals surface area contributed by atoms with E-state index in [-0.39, 0.29) is 0 Å². The minimum atomic E-state index is 0.342. The molecule has 74 valence electrons.